The molecule has 90 valence electrons. The maximum atomic E-state index is 12.0. The zero-order chi connectivity index (χ0) is 12.3. The number of hydrogen-bond acceptors (Lipinski definition) is 3. The van der Waals surface area contributed by atoms with Gasteiger partial charge in [0.15, 0.2) is 0 Å². The summed E-state index contributed by atoms with van der Waals surface area (Å²) in [5.41, 5.74) is 1.03. The van der Waals surface area contributed by atoms with E-state index in [9.17, 15) is 4.79 Å². The summed E-state index contributed by atoms with van der Waals surface area (Å²) in [7, 11) is 1.64. The van der Waals surface area contributed by atoms with Crippen molar-refractivity contribution in [2.45, 2.75) is 12.3 Å². The maximum Gasteiger partial charge on any atom is 0.143 e. The van der Waals surface area contributed by atoms with E-state index >= 15 is 0 Å². The first-order valence-corrected chi connectivity index (χ1v) is 5.78. The molecule has 0 bridgehead atoms. The Bertz CT molecular complexity index is 428. The molecule has 3 nitrogen and oxygen atoms in total. The molecule has 0 N–H and O–H groups in total. The lowest BCUT2D eigenvalue weighted by molar-refractivity contribution is -0.122. The van der Waals surface area contributed by atoms with Crippen LogP contribution in [0.25, 0.3) is 0 Å². The number of methoxy groups -OCH3 is 1. The van der Waals surface area contributed by atoms with Gasteiger partial charge in [-0.15, -0.1) is 0 Å². The van der Waals surface area contributed by atoms with Crippen molar-refractivity contribution in [3.63, 3.8) is 0 Å². The molecule has 1 atom stereocenters. The molecule has 1 aromatic rings. The molecule has 0 radical (unpaired) electrons. The second kappa shape index (κ2) is 5.04. The molecular weight excluding hydrogens is 214 g/mol. The molecule has 1 aliphatic rings. The van der Waals surface area contributed by atoms with Crippen LogP contribution >= 0.6 is 0 Å². The van der Waals surface area contributed by atoms with Crippen LogP contribution in [-0.2, 0) is 4.79 Å². The van der Waals surface area contributed by atoms with E-state index in [0.29, 0.717) is 12.2 Å². The van der Waals surface area contributed by atoms with Crippen molar-refractivity contribution < 1.29 is 9.53 Å². The minimum Gasteiger partial charge on any atom is -0.497 e. The molecule has 1 unspecified atom stereocenters. The predicted molar refractivity (Wildman–Crippen MR) is 67.1 cm³/mol. The number of ether oxygens (including phenoxy) is 1. The van der Waals surface area contributed by atoms with E-state index in [1.54, 1.807) is 13.3 Å². The van der Waals surface area contributed by atoms with Gasteiger partial charge in [0.25, 0.3) is 0 Å². The van der Waals surface area contributed by atoms with E-state index < -0.39 is 0 Å². The van der Waals surface area contributed by atoms with E-state index in [4.69, 9.17) is 4.74 Å². The van der Waals surface area contributed by atoms with Gasteiger partial charge in [0.2, 0.25) is 0 Å². The average Bonchev–Trinajstić information content (AvgIpc) is 2.39. The van der Waals surface area contributed by atoms with Gasteiger partial charge in [-0.1, -0.05) is 18.7 Å². The van der Waals surface area contributed by atoms with Gasteiger partial charge in [-0.25, -0.2) is 0 Å². The third-order valence-electron chi connectivity index (χ3n) is 3.21. The third kappa shape index (κ3) is 2.49. The molecular formula is C14H17NO2. The van der Waals surface area contributed by atoms with Crippen LogP contribution in [0.15, 0.2) is 37.0 Å². The van der Waals surface area contributed by atoms with Crippen molar-refractivity contribution in [2.24, 2.45) is 0 Å². The van der Waals surface area contributed by atoms with Crippen LogP contribution in [0, 0.1) is 0 Å². The number of hydrogen-bond donors (Lipinski definition) is 0. The van der Waals surface area contributed by atoms with Gasteiger partial charge in [0.05, 0.1) is 13.0 Å². The Labute approximate surface area is 102 Å². The minimum absolute atomic E-state index is 0.0585. The van der Waals surface area contributed by atoms with Crippen LogP contribution < -0.4 is 4.74 Å². The molecule has 3 heteroatoms. The Kier molecular flexibility index (Phi) is 3.47. The minimum atomic E-state index is -0.0585. The monoisotopic (exact) mass is 231 g/mol. The molecule has 0 saturated carbocycles. The van der Waals surface area contributed by atoms with Gasteiger partial charge in [0.1, 0.15) is 11.5 Å². The fraction of sp³-hybridized carbons (Fsp3) is 0.357. The van der Waals surface area contributed by atoms with Crippen LogP contribution in [0.2, 0.25) is 0 Å². The maximum absolute atomic E-state index is 12.0. The van der Waals surface area contributed by atoms with E-state index in [0.717, 1.165) is 24.4 Å². The van der Waals surface area contributed by atoms with Crippen LogP contribution in [0.3, 0.4) is 0 Å². The molecule has 2 rings (SSSR count). The first-order chi connectivity index (χ1) is 8.24. The Morgan fingerprint density at radius 2 is 2.35 bits per heavy atom. The molecule has 0 amide bonds. The first-order valence-electron chi connectivity index (χ1n) is 5.78. The Morgan fingerprint density at radius 1 is 1.53 bits per heavy atom. The molecule has 1 saturated heterocycles. The van der Waals surface area contributed by atoms with E-state index in [2.05, 4.69) is 11.5 Å². The van der Waals surface area contributed by atoms with Crippen LogP contribution in [0.4, 0.5) is 0 Å². The summed E-state index contributed by atoms with van der Waals surface area (Å²) >= 11 is 0. The van der Waals surface area contributed by atoms with E-state index in [-0.39, 0.29) is 5.92 Å². The molecule has 1 fully saturated rings. The standard InChI is InChI=1S/C14H17NO2/c1-3-15-8-7-14(16)13(10-15)11-5-4-6-12(9-11)17-2/h3-6,9,13H,1,7-8,10H2,2H3. The van der Waals surface area contributed by atoms with Crippen molar-refractivity contribution in [3.8, 4) is 5.75 Å². The van der Waals surface area contributed by atoms with Crippen molar-refractivity contribution in [3.05, 3.63) is 42.6 Å². The summed E-state index contributed by atoms with van der Waals surface area (Å²) in [4.78, 5) is 14.0. The highest BCUT2D eigenvalue weighted by Gasteiger charge is 2.27. The number of ketones is 1. The molecule has 1 aliphatic heterocycles. The van der Waals surface area contributed by atoms with E-state index in [1.807, 2.05) is 24.3 Å². The van der Waals surface area contributed by atoms with Crippen molar-refractivity contribution in [1.29, 1.82) is 0 Å². The van der Waals surface area contributed by atoms with Crippen molar-refractivity contribution in [1.82, 2.24) is 4.90 Å². The summed E-state index contributed by atoms with van der Waals surface area (Å²) in [5, 5.41) is 0. The fourth-order valence-electron chi connectivity index (χ4n) is 2.17. The van der Waals surface area contributed by atoms with Gasteiger partial charge < -0.3 is 9.64 Å². The number of nitrogens with zero attached hydrogens (tertiary/aromatic N) is 1. The Balaban J connectivity index is 2.23. The highest BCUT2D eigenvalue weighted by atomic mass is 16.5. The Morgan fingerprint density at radius 3 is 3.06 bits per heavy atom. The molecule has 0 spiro atoms. The zero-order valence-electron chi connectivity index (χ0n) is 10.1. The number of carbonyl (C=O) groups excluding carboxylic acids is 1. The second-order valence-corrected chi connectivity index (χ2v) is 4.22. The van der Waals surface area contributed by atoms with Gasteiger partial charge in [-0.3, -0.25) is 4.79 Å². The summed E-state index contributed by atoms with van der Waals surface area (Å²) < 4.78 is 5.19. The van der Waals surface area contributed by atoms with E-state index in [1.165, 1.54) is 0 Å². The third-order valence-corrected chi connectivity index (χ3v) is 3.21. The highest BCUT2D eigenvalue weighted by molar-refractivity contribution is 5.87. The lowest BCUT2D eigenvalue weighted by atomic mass is 9.89. The normalized spacial score (nSPS) is 20.2. The second-order valence-electron chi connectivity index (χ2n) is 4.22. The molecule has 1 heterocycles. The first kappa shape index (κ1) is 11.7. The van der Waals surface area contributed by atoms with Gasteiger partial charge >= 0.3 is 0 Å². The zero-order valence-corrected chi connectivity index (χ0v) is 10.1. The largest absolute Gasteiger partial charge is 0.497 e. The van der Waals surface area contributed by atoms with Crippen molar-refractivity contribution in [2.75, 3.05) is 20.2 Å². The number of piperidine rings is 1. The summed E-state index contributed by atoms with van der Waals surface area (Å²) in [6, 6.07) is 7.74. The SMILES string of the molecule is C=CN1CCC(=O)C(c2cccc(OC)c2)C1. The lowest BCUT2D eigenvalue weighted by Crippen LogP contribution is -2.36. The van der Waals surface area contributed by atoms with Gasteiger partial charge in [-0.05, 0) is 23.9 Å². The average molecular weight is 231 g/mol. The number of benzene rings is 1. The number of Topliss-reactive ketones (excluding diaryl/α,β-unsaturated/α-hetero) is 1. The van der Waals surface area contributed by atoms with Crippen LogP contribution in [-0.4, -0.2) is 30.9 Å². The number of likely N-dealkylation sites (tertiary alicyclic amines) is 1. The summed E-state index contributed by atoms with van der Waals surface area (Å²) in [6.45, 7) is 5.26. The van der Waals surface area contributed by atoms with Crippen molar-refractivity contribution >= 4 is 5.78 Å². The molecule has 1 aromatic carbocycles. The number of carbonyl (C=O) groups is 1. The quantitative estimate of drug-likeness (QED) is 0.798. The highest BCUT2D eigenvalue weighted by Crippen LogP contribution is 2.26. The van der Waals surface area contributed by atoms with Gasteiger partial charge in [-0.2, -0.15) is 0 Å². The van der Waals surface area contributed by atoms with Gasteiger partial charge in [0, 0.05) is 19.5 Å². The molecule has 0 aliphatic carbocycles. The predicted octanol–water partition coefficient (Wildman–Crippen LogP) is 2.20. The molecule has 17 heavy (non-hydrogen) atoms. The summed E-state index contributed by atoms with van der Waals surface area (Å²) in [5.74, 6) is 1.04. The fourth-order valence-corrected chi connectivity index (χ4v) is 2.17. The Hall–Kier alpha value is -1.77. The smallest absolute Gasteiger partial charge is 0.143 e. The topological polar surface area (TPSA) is 29.5 Å². The number of rotatable bonds is 3. The molecule has 0 aromatic heterocycles. The van der Waals surface area contributed by atoms with Crippen LogP contribution in [0.1, 0.15) is 17.9 Å². The lowest BCUT2D eigenvalue weighted by Gasteiger charge is -2.30. The van der Waals surface area contributed by atoms with Crippen LogP contribution in [0.5, 0.6) is 5.75 Å². The summed E-state index contributed by atoms with van der Waals surface area (Å²) in [6.07, 6.45) is 2.40.